The molecule has 1 aromatic heterocycles. The van der Waals surface area contributed by atoms with Crippen molar-refractivity contribution in [3.8, 4) is 0 Å². The van der Waals surface area contributed by atoms with Crippen molar-refractivity contribution in [3.05, 3.63) is 65.9 Å². The van der Waals surface area contributed by atoms with E-state index in [0.29, 0.717) is 30.9 Å². The maximum absolute atomic E-state index is 13.2. The first-order valence-corrected chi connectivity index (χ1v) is 8.63. The number of morpholine rings is 1. The molecule has 1 N–H and O–H groups in total. The van der Waals surface area contributed by atoms with Crippen LogP contribution < -0.4 is 0 Å². The van der Waals surface area contributed by atoms with Crippen molar-refractivity contribution in [1.82, 2.24) is 15.1 Å². The van der Waals surface area contributed by atoms with E-state index in [9.17, 15) is 9.59 Å². The molecule has 1 saturated heterocycles. The Morgan fingerprint density at radius 3 is 2.85 bits per heavy atom. The molecule has 0 aliphatic carbocycles. The van der Waals surface area contributed by atoms with Gasteiger partial charge in [-0.3, -0.25) is 14.7 Å². The third kappa shape index (κ3) is 3.11. The minimum absolute atomic E-state index is 0.0126. The zero-order valence-electron chi connectivity index (χ0n) is 14.2. The summed E-state index contributed by atoms with van der Waals surface area (Å²) in [7, 11) is 0. The molecular weight excluding hydrogens is 330 g/mol. The number of hydrogen-bond donors (Lipinski definition) is 1. The summed E-state index contributed by atoms with van der Waals surface area (Å²) < 4.78 is 5.54. The third-order valence-electron chi connectivity index (χ3n) is 4.71. The quantitative estimate of drug-likeness (QED) is 0.735. The van der Waals surface area contributed by atoms with Gasteiger partial charge in [-0.15, -0.1) is 0 Å². The number of ether oxygens (including phenoxy) is 1. The van der Waals surface area contributed by atoms with E-state index in [4.69, 9.17) is 4.74 Å². The first-order valence-electron chi connectivity index (χ1n) is 8.63. The second-order valence-corrected chi connectivity index (χ2v) is 6.36. The molecule has 1 amide bonds. The largest absolute Gasteiger partial charge is 0.377 e. The van der Waals surface area contributed by atoms with Crippen LogP contribution in [0.5, 0.6) is 0 Å². The number of hydrogen-bond acceptors (Lipinski definition) is 4. The molecule has 2 heterocycles. The first-order chi connectivity index (χ1) is 12.7. The summed E-state index contributed by atoms with van der Waals surface area (Å²) >= 11 is 0. The third-order valence-corrected chi connectivity index (χ3v) is 4.71. The molecule has 6 nitrogen and oxygen atoms in total. The van der Waals surface area contributed by atoms with Crippen LogP contribution in [0.3, 0.4) is 0 Å². The highest BCUT2D eigenvalue weighted by molar-refractivity contribution is 6.06. The number of aromatic amines is 1. The van der Waals surface area contributed by atoms with E-state index in [1.54, 1.807) is 29.3 Å². The van der Waals surface area contributed by atoms with Crippen molar-refractivity contribution >= 4 is 22.6 Å². The number of carbonyl (C=O) groups is 2. The van der Waals surface area contributed by atoms with E-state index >= 15 is 0 Å². The average Bonchev–Trinajstić information content (AvgIpc) is 3.17. The van der Waals surface area contributed by atoms with Crippen molar-refractivity contribution in [2.24, 2.45) is 0 Å². The van der Waals surface area contributed by atoms with Crippen molar-refractivity contribution < 1.29 is 14.3 Å². The summed E-state index contributed by atoms with van der Waals surface area (Å²) in [6.45, 7) is 1.31. The van der Waals surface area contributed by atoms with Gasteiger partial charge < -0.3 is 9.64 Å². The van der Waals surface area contributed by atoms with Gasteiger partial charge in [0.2, 0.25) is 0 Å². The predicted molar refractivity (Wildman–Crippen MR) is 97.1 cm³/mol. The lowest BCUT2D eigenvalue weighted by atomic mass is 10.0. The number of aromatic nitrogens is 2. The van der Waals surface area contributed by atoms with Gasteiger partial charge in [0.1, 0.15) is 0 Å². The van der Waals surface area contributed by atoms with Crippen molar-refractivity contribution in [2.75, 3.05) is 19.8 Å². The van der Waals surface area contributed by atoms with Crippen LogP contribution in [0.25, 0.3) is 10.9 Å². The van der Waals surface area contributed by atoms with Gasteiger partial charge in [-0.25, -0.2) is 0 Å². The lowest BCUT2D eigenvalue weighted by Crippen LogP contribution is -2.49. The topological polar surface area (TPSA) is 75.3 Å². The van der Waals surface area contributed by atoms with Crippen molar-refractivity contribution in [2.45, 2.75) is 12.5 Å². The van der Waals surface area contributed by atoms with Gasteiger partial charge in [0.25, 0.3) is 5.91 Å². The molecule has 1 atom stereocenters. The number of benzene rings is 2. The van der Waals surface area contributed by atoms with E-state index in [1.807, 2.05) is 30.3 Å². The molecule has 0 saturated carbocycles. The number of nitrogens with one attached hydrogen (secondary N) is 1. The molecule has 2 aromatic carbocycles. The SMILES string of the molecule is O=C(CC1COCCN1C(=O)c1cccc2cn[nH]c12)c1ccccc1. The molecule has 6 heteroatoms. The maximum Gasteiger partial charge on any atom is 0.256 e. The smallest absolute Gasteiger partial charge is 0.256 e. The Labute approximate surface area is 150 Å². The normalized spacial score (nSPS) is 17.4. The number of para-hydroxylation sites is 1. The Kier molecular flexibility index (Phi) is 4.50. The molecule has 1 aliphatic heterocycles. The molecule has 0 bridgehead atoms. The number of amides is 1. The van der Waals surface area contributed by atoms with E-state index in [-0.39, 0.29) is 24.2 Å². The fourth-order valence-corrected chi connectivity index (χ4v) is 3.35. The Bertz CT molecular complexity index is 936. The van der Waals surface area contributed by atoms with Gasteiger partial charge in [0.05, 0.1) is 36.5 Å². The second kappa shape index (κ2) is 7.09. The van der Waals surface area contributed by atoms with E-state index in [1.165, 1.54) is 0 Å². The van der Waals surface area contributed by atoms with Crippen LogP contribution in [0.15, 0.2) is 54.7 Å². The molecule has 0 spiro atoms. The second-order valence-electron chi connectivity index (χ2n) is 6.36. The van der Waals surface area contributed by atoms with Gasteiger partial charge >= 0.3 is 0 Å². The number of carbonyl (C=O) groups excluding carboxylic acids is 2. The molecule has 4 rings (SSSR count). The molecule has 3 aromatic rings. The summed E-state index contributed by atoms with van der Waals surface area (Å²) in [5.74, 6) is -0.0901. The predicted octanol–water partition coefficient (Wildman–Crippen LogP) is 2.68. The number of rotatable bonds is 4. The van der Waals surface area contributed by atoms with E-state index in [2.05, 4.69) is 10.2 Å². The molecule has 1 unspecified atom stereocenters. The number of nitrogens with zero attached hydrogens (tertiary/aromatic N) is 2. The van der Waals surface area contributed by atoms with Crippen LogP contribution in [0.1, 0.15) is 27.1 Å². The summed E-state index contributed by atoms with van der Waals surface area (Å²) in [5, 5.41) is 7.81. The minimum atomic E-state index is -0.276. The number of H-pyrrole nitrogens is 1. The lowest BCUT2D eigenvalue weighted by Gasteiger charge is -2.35. The molecular formula is C20H19N3O3. The van der Waals surface area contributed by atoms with Crippen LogP contribution >= 0.6 is 0 Å². The van der Waals surface area contributed by atoms with Crippen LogP contribution in [0, 0.1) is 0 Å². The Balaban J connectivity index is 1.58. The first kappa shape index (κ1) is 16.5. The monoisotopic (exact) mass is 349 g/mol. The van der Waals surface area contributed by atoms with Crippen LogP contribution in [0.2, 0.25) is 0 Å². The van der Waals surface area contributed by atoms with Crippen molar-refractivity contribution in [3.63, 3.8) is 0 Å². The van der Waals surface area contributed by atoms with Gasteiger partial charge in [0, 0.05) is 23.9 Å². The van der Waals surface area contributed by atoms with Gasteiger partial charge in [-0.05, 0) is 6.07 Å². The zero-order valence-corrected chi connectivity index (χ0v) is 14.2. The minimum Gasteiger partial charge on any atom is -0.377 e. The highest BCUT2D eigenvalue weighted by Gasteiger charge is 2.31. The van der Waals surface area contributed by atoms with Gasteiger partial charge in [-0.2, -0.15) is 5.10 Å². The highest BCUT2D eigenvalue weighted by Crippen LogP contribution is 2.21. The summed E-state index contributed by atoms with van der Waals surface area (Å²) in [5.41, 5.74) is 1.94. The Hall–Kier alpha value is -2.99. The van der Waals surface area contributed by atoms with E-state index in [0.717, 1.165) is 10.9 Å². The van der Waals surface area contributed by atoms with Gasteiger partial charge in [0.15, 0.2) is 5.78 Å². The van der Waals surface area contributed by atoms with E-state index < -0.39 is 0 Å². The summed E-state index contributed by atoms with van der Waals surface area (Å²) in [6.07, 6.45) is 1.94. The highest BCUT2D eigenvalue weighted by atomic mass is 16.5. The fraction of sp³-hybridized carbons (Fsp3) is 0.250. The van der Waals surface area contributed by atoms with Gasteiger partial charge in [-0.1, -0.05) is 42.5 Å². The lowest BCUT2D eigenvalue weighted by molar-refractivity contribution is -0.00271. The Morgan fingerprint density at radius 1 is 1.15 bits per heavy atom. The molecule has 1 fully saturated rings. The van der Waals surface area contributed by atoms with Crippen molar-refractivity contribution in [1.29, 1.82) is 0 Å². The van der Waals surface area contributed by atoms with Crippen LogP contribution in [-0.4, -0.2) is 52.6 Å². The van der Waals surface area contributed by atoms with Crippen LogP contribution in [0.4, 0.5) is 0 Å². The molecule has 0 radical (unpaired) electrons. The Morgan fingerprint density at radius 2 is 2.00 bits per heavy atom. The molecule has 26 heavy (non-hydrogen) atoms. The fourth-order valence-electron chi connectivity index (χ4n) is 3.35. The number of ketones is 1. The van der Waals surface area contributed by atoms with Crippen LogP contribution in [-0.2, 0) is 4.74 Å². The summed E-state index contributed by atoms with van der Waals surface area (Å²) in [4.78, 5) is 27.5. The summed E-state index contributed by atoms with van der Waals surface area (Å²) in [6, 6.07) is 14.4. The molecule has 132 valence electrons. The maximum atomic E-state index is 13.2. The standard InChI is InChI=1S/C20H19N3O3/c24-18(14-5-2-1-3-6-14)11-16-13-26-10-9-23(16)20(25)17-8-4-7-15-12-21-22-19(15)17/h1-8,12,16H,9-11,13H2,(H,21,22). The number of fused-ring (bicyclic) bond motifs is 1. The average molecular weight is 349 g/mol. The number of Topliss-reactive ketones (excluding diaryl/α,β-unsaturated/α-hetero) is 1. The molecule has 1 aliphatic rings. The zero-order chi connectivity index (χ0) is 17.9.